The first kappa shape index (κ1) is 14.5. The summed E-state index contributed by atoms with van der Waals surface area (Å²) in [6.45, 7) is -1.39. The van der Waals surface area contributed by atoms with E-state index in [1.54, 1.807) is 18.2 Å². The standard InChI is InChI=1S/C13H13F3N2O2/c14-13(15,16)9(6-17)7-18-11(19)5-8-3-1-2-4-10(8)12(18)20/h1-4,9H,5-7,17H2. The van der Waals surface area contributed by atoms with Gasteiger partial charge in [0.25, 0.3) is 5.91 Å². The third-order valence-electron chi connectivity index (χ3n) is 3.29. The molecule has 2 amide bonds. The zero-order chi connectivity index (χ0) is 14.9. The van der Waals surface area contributed by atoms with E-state index < -0.39 is 37.0 Å². The molecule has 0 saturated heterocycles. The first-order valence-corrected chi connectivity index (χ1v) is 6.04. The molecule has 4 nitrogen and oxygen atoms in total. The maximum Gasteiger partial charge on any atom is 0.394 e. The van der Waals surface area contributed by atoms with E-state index in [0.717, 1.165) is 0 Å². The number of fused-ring (bicyclic) bond motifs is 1. The van der Waals surface area contributed by atoms with Gasteiger partial charge >= 0.3 is 6.18 Å². The lowest BCUT2D eigenvalue weighted by Crippen LogP contribution is -2.48. The van der Waals surface area contributed by atoms with E-state index in [-0.39, 0.29) is 12.0 Å². The lowest BCUT2D eigenvalue weighted by molar-refractivity contribution is -0.175. The highest BCUT2D eigenvalue weighted by Crippen LogP contribution is 2.28. The van der Waals surface area contributed by atoms with Crippen LogP contribution in [0.25, 0.3) is 0 Å². The molecule has 1 aliphatic rings. The Balaban J connectivity index is 2.26. The van der Waals surface area contributed by atoms with Crippen LogP contribution in [0.3, 0.4) is 0 Å². The van der Waals surface area contributed by atoms with Gasteiger partial charge in [0.1, 0.15) is 0 Å². The second-order valence-corrected chi connectivity index (χ2v) is 4.62. The van der Waals surface area contributed by atoms with Crippen molar-refractivity contribution in [2.75, 3.05) is 13.1 Å². The van der Waals surface area contributed by atoms with Gasteiger partial charge in [-0.1, -0.05) is 18.2 Å². The third kappa shape index (κ3) is 2.67. The van der Waals surface area contributed by atoms with Crippen LogP contribution in [-0.2, 0) is 11.2 Å². The van der Waals surface area contributed by atoms with Gasteiger partial charge < -0.3 is 5.73 Å². The molecule has 0 saturated carbocycles. The van der Waals surface area contributed by atoms with Crippen LogP contribution in [0, 0.1) is 5.92 Å². The molecule has 1 aliphatic heterocycles. The van der Waals surface area contributed by atoms with E-state index in [4.69, 9.17) is 5.73 Å². The Kier molecular flexibility index (Phi) is 3.80. The summed E-state index contributed by atoms with van der Waals surface area (Å²) in [6.07, 6.45) is -4.61. The molecule has 1 heterocycles. The Bertz CT molecular complexity index is 543. The molecule has 1 aromatic rings. The summed E-state index contributed by atoms with van der Waals surface area (Å²) in [5, 5.41) is 0. The molecule has 0 fully saturated rings. The van der Waals surface area contributed by atoms with Crippen molar-refractivity contribution in [2.24, 2.45) is 11.7 Å². The minimum atomic E-state index is -4.54. The van der Waals surface area contributed by atoms with Gasteiger partial charge in [0.2, 0.25) is 5.91 Å². The predicted molar refractivity (Wildman–Crippen MR) is 64.8 cm³/mol. The number of nitrogens with two attached hydrogens (primary N) is 1. The van der Waals surface area contributed by atoms with Crippen molar-refractivity contribution in [3.05, 3.63) is 35.4 Å². The van der Waals surface area contributed by atoms with Crippen LogP contribution in [0.4, 0.5) is 13.2 Å². The zero-order valence-electron chi connectivity index (χ0n) is 10.5. The van der Waals surface area contributed by atoms with Crippen LogP contribution < -0.4 is 5.73 Å². The van der Waals surface area contributed by atoms with Gasteiger partial charge in [-0.25, -0.2) is 0 Å². The van der Waals surface area contributed by atoms with Crippen molar-refractivity contribution in [1.29, 1.82) is 0 Å². The van der Waals surface area contributed by atoms with Crippen molar-refractivity contribution in [1.82, 2.24) is 4.90 Å². The van der Waals surface area contributed by atoms with E-state index >= 15 is 0 Å². The number of carbonyl (C=O) groups is 2. The normalized spacial score (nSPS) is 17.1. The maximum atomic E-state index is 12.7. The number of imide groups is 1. The van der Waals surface area contributed by atoms with Crippen molar-refractivity contribution in [2.45, 2.75) is 12.6 Å². The molecule has 0 bridgehead atoms. The average molecular weight is 286 g/mol. The molecule has 2 rings (SSSR count). The molecular weight excluding hydrogens is 273 g/mol. The SMILES string of the molecule is NCC(CN1C(=O)Cc2ccccc2C1=O)C(F)(F)F. The van der Waals surface area contributed by atoms with E-state index in [9.17, 15) is 22.8 Å². The number of hydrogen-bond acceptors (Lipinski definition) is 3. The van der Waals surface area contributed by atoms with Gasteiger partial charge in [0, 0.05) is 18.7 Å². The third-order valence-corrected chi connectivity index (χ3v) is 3.29. The Labute approximate surface area is 113 Å². The summed E-state index contributed by atoms with van der Waals surface area (Å²) in [5.74, 6) is -3.23. The Morgan fingerprint density at radius 3 is 2.50 bits per heavy atom. The number of rotatable bonds is 3. The van der Waals surface area contributed by atoms with Crippen LogP contribution in [0.5, 0.6) is 0 Å². The van der Waals surface area contributed by atoms with Crippen molar-refractivity contribution in [3.63, 3.8) is 0 Å². The van der Waals surface area contributed by atoms with Gasteiger partial charge in [-0.15, -0.1) is 0 Å². The molecule has 0 radical (unpaired) electrons. The summed E-state index contributed by atoms with van der Waals surface area (Å²) >= 11 is 0. The Hall–Kier alpha value is -1.89. The smallest absolute Gasteiger partial charge is 0.330 e. The number of alkyl halides is 3. The Morgan fingerprint density at radius 2 is 1.90 bits per heavy atom. The van der Waals surface area contributed by atoms with Crippen LogP contribution >= 0.6 is 0 Å². The van der Waals surface area contributed by atoms with Crippen molar-refractivity contribution in [3.8, 4) is 0 Å². The van der Waals surface area contributed by atoms with Gasteiger partial charge in [-0.2, -0.15) is 13.2 Å². The van der Waals surface area contributed by atoms with E-state index in [2.05, 4.69) is 0 Å². The highest BCUT2D eigenvalue weighted by Gasteiger charge is 2.42. The van der Waals surface area contributed by atoms with Crippen LogP contribution in [0.1, 0.15) is 15.9 Å². The first-order valence-electron chi connectivity index (χ1n) is 6.04. The van der Waals surface area contributed by atoms with Crippen molar-refractivity contribution < 1.29 is 22.8 Å². The molecule has 108 valence electrons. The molecule has 20 heavy (non-hydrogen) atoms. The molecule has 1 aromatic carbocycles. The molecule has 1 atom stereocenters. The largest absolute Gasteiger partial charge is 0.394 e. The monoisotopic (exact) mass is 286 g/mol. The summed E-state index contributed by atoms with van der Waals surface area (Å²) < 4.78 is 38.1. The minimum absolute atomic E-state index is 0.0724. The lowest BCUT2D eigenvalue weighted by atomic mass is 9.97. The molecule has 1 unspecified atom stereocenters. The number of nitrogens with zero attached hydrogens (tertiary/aromatic N) is 1. The topological polar surface area (TPSA) is 63.4 Å². The fourth-order valence-electron chi connectivity index (χ4n) is 2.12. The summed E-state index contributed by atoms with van der Waals surface area (Å²) in [5.41, 5.74) is 5.90. The van der Waals surface area contributed by atoms with Gasteiger partial charge in [-0.3, -0.25) is 14.5 Å². The molecule has 0 aromatic heterocycles. The number of hydrogen-bond donors (Lipinski definition) is 1. The zero-order valence-corrected chi connectivity index (χ0v) is 10.5. The molecule has 7 heteroatoms. The van der Waals surface area contributed by atoms with Gasteiger partial charge in [0.05, 0.1) is 12.3 Å². The highest BCUT2D eigenvalue weighted by molar-refractivity contribution is 6.09. The van der Waals surface area contributed by atoms with Crippen LogP contribution in [0.15, 0.2) is 24.3 Å². The summed E-state index contributed by atoms with van der Waals surface area (Å²) in [7, 11) is 0. The Morgan fingerprint density at radius 1 is 1.25 bits per heavy atom. The molecular formula is C13H13F3N2O2. The number of halogens is 3. The van der Waals surface area contributed by atoms with Crippen LogP contribution in [0.2, 0.25) is 0 Å². The van der Waals surface area contributed by atoms with Gasteiger partial charge in [0.15, 0.2) is 0 Å². The number of benzene rings is 1. The minimum Gasteiger partial charge on any atom is -0.330 e. The molecule has 0 aliphatic carbocycles. The lowest BCUT2D eigenvalue weighted by Gasteiger charge is -2.30. The first-order chi connectivity index (χ1) is 9.34. The van der Waals surface area contributed by atoms with Gasteiger partial charge in [-0.05, 0) is 11.6 Å². The van der Waals surface area contributed by atoms with Crippen LogP contribution in [-0.4, -0.2) is 36.0 Å². The molecule has 0 spiro atoms. The summed E-state index contributed by atoms with van der Waals surface area (Å²) in [6, 6.07) is 6.40. The second kappa shape index (κ2) is 5.24. The maximum absolute atomic E-state index is 12.7. The predicted octanol–water partition coefficient (Wildman–Crippen LogP) is 1.35. The number of carbonyl (C=O) groups excluding carboxylic acids is 2. The quantitative estimate of drug-likeness (QED) is 0.853. The fourth-order valence-corrected chi connectivity index (χ4v) is 2.12. The van der Waals surface area contributed by atoms with E-state index in [1.165, 1.54) is 6.07 Å². The highest BCUT2D eigenvalue weighted by atomic mass is 19.4. The van der Waals surface area contributed by atoms with Crippen molar-refractivity contribution >= 4 is 11.8 Å². The van der Waals surface area contributed by atoms with E-state index in [0.29, 0.717) is 10.5 Å². The van der Waals surface area contributed by atoms with E-state index in [1.807, 2.05) is 0 Å². The number of amides is 2. The fraction of sp³-hybridized carbons (Fsp3) is 0.385. The molecule has 2 N–H and O–H groups in total. The summed E-state index contributed by atoms with van der Waals surface area (Å²) in [4.78, 5) is 24.6. The second-order valence-electron chi connectivity index (χ2n) is 4.62. The average Bonchev–Trinajstić information content (AvgIpc) is 2.37.